The van der Waals surface area contributed by atoms with Crippen LogP contribution in [0.4, 0.5) is 11.4 Å². The van der Waals surface area contributed by atoms with Crippen molar-refractivity contribution in [2.75, 3.05) is 43.1 Å². The summed E-state index contributed by atoms with van der Waals surface area (Å²) in [6.45, 7) is 3.33. The van der Waals surface area contributed by atoms with E-state index in [2.05, 4.69) is 5.32 Å². The molecule has 0 unspecified atom stereocenters. The molecule has 2 aliphatic heterocycles. The first-order valence-electron chi connectivity index (χ1n) is 10.9. The van der Waals surface area contributed by atoms with Gasteiger partial charge in [0.25, 0.3) is 0 Å². The third-order valence-electron chi connectivity index (χ3n) is 5.99. The fraction of sp³-hybridized carbons (Fsp3) is 0.391. The van der Waals surface area contributed by atoms with Crippen LogP contribution in [-0.4, -0.2) is 62.5 Å². The molecule has 0 spiro atoms. The van der Waals surface area contributed by atoms with Gasteiger partial charge in [-0.1, -0.05) is 25.1 Å². The average Bonchev–Trinajstić information content (AvgIpc) is 3.22. The number of benzene rings is 2. The summed E-state index contributed by atoms with van der Waals surface area (Å²) in [5.74, 6) is -1.47. The van der Waals surface area contributed by atoms with Crippen LogP contribution in [0.3, 0.4) is 0 Å². The lowest BCUT2D eigenvalue weighted by Crippen LogP contribution is -2.40. The fourth-order valence-electron chi connectivity index (χ4n) is 4.14. The summed E-state index contributed by atoms with van der Waals surface area (Å²) in [6, 6.07) is 11.4. The summed E-state index contributed by atoms with van der Waals surface area (Å²) in [7, 11) is -3.79. The Morgan fingerprint density at radius 3 is 2.64 bits per heavy atom. The number of aromatic hydroxyl groups is 1. The second-order valence-corrected chi connectivity index (χ2v) is 10.0. The van der Waals surface area contributed by atoms with Gasteiger partial charge >= 0.3 is 0 Å². The minimum absolute atomic E-state index is 0.00538. The highest BCUT2D eigenvalue weighted by Gasteiger charge is 2.36. The van der Waals surface area contributed by atoms with Gasteiger partial charge < -0.3 is 20.1 Å². The van der Waals surface area contributed by atoms with Gasteiger partial charge in [-0.05, 0) is 36.2 Å². The number of carbonyl (C=O) groups excluding carboxylic acids is 2. The monoisotopic (exact) mass is 473 g/mol. The number of hydrogen-bond acceptors (Lipinski definition) is 6. The van der Waals surface area contributed by atoms with Crippen molar-refractivity contribution in [2.24, 2.45) is 5.92 Å². The van der Waals surface area contributed by atoms with Crippen LogP contribution >= 0.6 is 0 Å². The maximum Gasteiger partial charge on any atom is 0.243 e. The van der Waals surface area contributed by atoms with Crippen molar-refractivity contribution in [1.82, 2.24) is 4.31 Å². The van der Waals surface area contributed by atoms with Crippen molar-refractivity contribution >= 4 is 33.2 Å². The molecule has 2 N–H and O–H groups in total. The molecule has 2 saturated heterocycles. The van der Waals surface area contributed by atoms with E-state index in [4.69, 9.17) is 4.74 Å². The predicted octanol–water partition coefficient (Wildman–Crippen LogP) is 1.97. The van der Waals surface area contributed by atoms with Gasteiger partial charge in [0.1, 0.15) is 5.75 Å². The molecule has 4 rings (SSSR count). The van der Waals surface area contributed by atoms with Gasteiger partial charge in [0.15, 0.2) is 0 Å². The van der Waals surface area contributed by atoms with Crippen LogP contribution < -0.4 is 10.2 Å². The molecule has 2 fully saturated rings. The van der Waals surface area contributed by atoms with Crippen molar-refractivity contribution < 1.29 is 27.9 Å². The Hall–Kier alpha value is -2.95. The summed E-state index contributed by atoms with van der Waals surface area (Å²) < 4.78 is 32.4. The lowest BCUT2D eigenvalue weighted by Gasteiger charge is -2.26. The minimum atomic E-state index is -3.79. The molecule has 2 aliphatic rings. The van der Waals surface area contributed by atoms with Crippen molar-refractivity contribution in [1.29, 1.82) is 0 Å². The number of phenolic OH excluding ortho intramolecular Hbond substituents is 1. The molecule has 2 heterocycles. The number of anilines is 2. The molecule has 10 heteroatoms. The Balaban J connectivity index is 1.51. The summed E-state index contributed by atoms with van der Waals surface area (Å²) in [5, 5.41) is 12.8. The van der Waals surface area contributed by atoms with Gasteiger partial charge in [0, 0.05) is 31.7 Å². The first-order chi connectivity index (χ1) is 15.8. The summed E-state index contributed by atoms with van der Waals surface area (Å²) in [5.41, 5.74) is 1.81. The number of ether oxygens (including phenoxy) is 1. The van der Waals surface area contributed by atoms with Crippen molar-refractivity contribution in [2.45, 2.75) is 24.7 Å². The number of sulfonamides is 1. The van der Waals surface area contributed by atoms with Crippen LogP contribution in [0.2, 0.25) is 0 Å². The zero-order chi connectivity index (χ0) is 23.6. The van der Waals surface area contributed by atoms with E-state index in [-0.39, 0.29) is 48.3 Å². The number of aryl methyl sites for hydroxylation is 1. The summed E-state index contributed by atoms with van der Waals surface area (Å²) >= 11 is 0. The summed E-state index contributed by atoms with van der Waals surface area (Å²) in [6.07, 6.45) is 0.797. The zero-order valence-corrected chi connectivity index (χ0v) is 19.2. The average molecular weight is 474 g/mol. The molecule has 2 aromatic carbocycles. The standard InChI is InChI=1S/C23H27N3O6S/c1-2-16-5-3-4-6-20(16)26-15-17(13-22(26)28)23(29)24-19-14-18(7-8-21(19)27)33(30,31)25-9-11-32-12-10-25/h3-8,14,17,27H,2,9-13,15H2,1H3,(H,24,29)/t17-/m0/s1. The van der Waals surface area contributed by atoms with E-state index in [0.29, 0.717) is 13.2 Å². The molecule has 0 radical (unpaired) electrons. The third-order valence-corrected chi connectivity index (χ3v) is 7.89. The zero-order valence-electron chi connectivity index (χ0n) is 18.4. The number of hydrogen-bond donors (Lipinski definition) is 2. The number of phenols is 1. The van der Waals surface area contributed by atoms with Gasteiger partial charge in [-0.3, -0.25) is 9.59 Å². The first kappa shape index (κ1) is 23.2. The number of carbonyl (C=O) groups is 2. The first-order valence-corrected chi connectivity index (χ1v) is 12.3. The predicted molar refractivity (Wildman–Crippen MR) is 123 cm³/mol. The fourth-order valence-corrected chi connectivity index (χ4v) is 5.57. The second kappa shape index (κ2) is 9.50. The third kappa shape index (κ3) is 4.73. The van der Waals surface area contributed by atoms with E-state index in [1.54, 1.807) is 4.90 Å². The van der Waals surface area contributed by atoms with Crippen LogP contribution in [0, 0.1) is 5.92 Å². The highest BCUT2D eigenvalue weighted by Crippen LogP contribution is 2.32. The van der Waals surface area contributed by atoms with Gasteiger partial charge in [-0.15, -0.1) is 0 Å². The molecular weight excluding hydrogens is 446 g/mol. The van der Waals surface area contributed by atoms with E-state index >= 15 is 0 Å². The van der Waals surface area contributed by atoms with Crippen molar-refractivity contribution in [3.63, 3.8) is 0 Å². The van der Waals surface area contributed by atoms with Crippen LogP contribution in [0.15, 0.2) is 47.4 Å². The Kier molecular flexibility index (Phi) is 6.68. The number of nitrogens with one attached hydrogen (secondary N) is 1. The molecule has 1 atom stereocenters. The highest BCUT2D eigenvalue weighted by molar-refractivity contribution is 7.89. The van der Waals surface area contributed by atoms with Crippen molar-refractivity contribution in [3.8, 4) is 5.75 Å². The second-order valence-electron chi connectivity index (χ2n) is 8.07. The summed E-state index contributed by atoms with van der Waals surface area (Å²) in [4.78, 5) is 27.2. The molecule has 0 bridgehead atoms. The molecule has 176 valence electrons. The minimum Gasteiger partial charge on any atom is -0.506 e. The van der Waals surface area contributed by atoms with Crippen molar-refractivity contribution in [3.05, 3.63) is 48.0 Å². The SMILES string of the molecule is CCc1ccccc1N1C[C@@H](C(=O)Nc2cc(S(=O)(=O)N3CCOCC3)ccc2O)CC1=O. The number of para-hydroxylation sites is 1. The lowest BCUT2D eigenvalue weighted by atomic mass is 10.1. The van der Waals surface area contributed by atoms with E-state index in [0.717, 1.165) is 17.7 Å². The van der Waals surface area contributed by atoms with Crippen LogP contribution in [0.25, 0.3) is 0 Å². The molecular formula is C23H27N3O6S. The topological polar surface area (TPSA) is 116 Å². The van der Waals surface area contributed by atoms with E-state index < -0.39 is 21.8 Å². The van der Waals surface area contributed by atoms with Crippen LogP contribution in [0.5, 0.6) is 5.75 Å². The lowest BCUT2D eigenvalue weighted by molar-refractivity contribution is -0.122. The van der Waals surface area contributed by atoms with E-state index in [1.165, 1.54) is 22.5 Å². The largest absolute Gasteiger partial charge is 0.506 e. The highest BCUT2D eigenvalue weighted by atomic mass is 32.2. The van der Waals surface area contributed by atoms with Gasteiger partial charge in [-0.25, -0.2) is 8.42 Å². The van der Waals surface area contributed by atoms with Gasteiger partial charge in [0.2, 0.25) is 21.8 Å². The smallest absolute Gasteiger partial charge is 0.243 e. The molecule has 9 nitrogen and oxygen atoms in total. The Morgan fingerprint density at radius 1 is 1.18 bits per heavy atom. The number of morpholine rings is 1. The molecule has 2 amide bonds. The molecule has 33 heavy (non-hydrogen) atoms. The molecule has 0 saturated carbocycles. The van der Waals surface area contributed by atoms with Gasteiger partial charge in [-0.2, -0.15) is 4.31 Å². The molecule has 0 aromatic heterocycles. The van der Waals surface area contributed by atoms with Crippen LogP contribution in [0.1, 0.15) is 18.9 Å². The van der Waals surface area contributed by atoms with E-state index in [1.807, 2.05) is 31.2 Å². The molecule has 2 aromatic rings. The van der Waals surface area contributed by atoms with Gasteiger partial charge in [0.05, 0.1) is 29.7 Å². The maximum absolute atomic E-state index is 12.9. The van der Waals surface area contributed by atoms with E-state index in [9.17, 15) is 23.1 Å². The molecule has 0 aliphatic carbocycles. The number of nitrogens with zero attached hydrogens (tertiary/aromatic N) is 2. The Bertz CT molecular complexity index is 1160. The Labute approximate surface area is 193 Å². The number of amides is 2. The number of rotatable bonds is 6. The Morgan fingerprint density at radius 2 is 1.91 bits per heavy atom. The normalized spacial score (nSPS) is 19.6. The quantitative estimate of drug-likeness (QED) is 0.620. The van der Waals surface area contributed by atoms with Crippen LogP contribution in [-0.2, 0) is 30.8 Å². The maximum atomic E-state index is 12.9.